The Morgan fingerprint density at radius 1 is 1.23 bits per heavy atom. The summed E-state index contributed by atoms with van der Waals surface area (Å²) in [4.78, 5) is 28.6. The fraction of sp³-hybridized carbons (Fsp3) is 0.421. The molecule has 2 aliphatic rings. The van der Waals surface area contributed by atoms with Crippen molar-refractivity contribution in [1.82, 2.24) is 14.7 Å². The van der Waals surface area contributed by atoms with Gasteiger partial charge in [0.1, 0.15) is 6.61 Å². The summed E-state index contributed by atoms with van der Waals surface area (Å²) >= 11 is 0. The Bertz CT molecular complexity index is 804. The van der Waals surface area contributed by atoms with E-state index < -0.39 is 0 Å². The Labute approximate surface area is 152 Å². The van der Waals surface area contributed by atoms with Crippen molar-refractivity contribution in [2.24, 2.45) is 0 Å². The number of para-hydroxylation sites is 1. The Balaban J connectivity index is 1.43. The normalized spacial score (nSPS) is 22.6. The zero-order valence-electron chi connectivity index (χ0n) is 14.7. The number of fused-ring (bicyclic) bond motifs is 1. The number of hydrogen-bond donors (Lipinski definition) is 0. The largest absolute Gasteiger partial charge is 0.364 e. The quantitative estimate of drug-likeness (QED) is 0.828. The highest BCUT2D eigenvalue weighted by molar-refractivity contribution is 5.96. The highest BCUT2D eigenvalue weighted by Gasteiger charge is 2.45. The van der Waals surface area contributed by atoms with E-state index in [2.05, 4.69) is 5.10 Å². The van der Waals surface area contributed by atoms with E-state index in [0.717, 1.165) is 11.4 Å². The van der Waals surface area contributed by atoms with Crippen LogP contribution >= 0.6 is 0 Å². The topological polar surface area (TPSA) is 67.7 Å². The van der Waals surface area contributed by atoms with Crippen LogP contribution in [0, 0.1) is 6.92 Å². The highest BCUT2D eigenvalue weighted by Crippen LogP contribution is 2.28. The van der Waals surface area contributed by atoms with Crippen LogP contribution in [0.1, 0.15) is 12.1 Å². The monoisotopic (exact) mass is 354 g/mol. The van der Waals surface area contributed by atoms with Crippen LogP contribution in [0.15, 0.2) is 42.6 Å². The van der Waals surface area contributed by atoms with Gasteiger partial charge in [-0.05, 0) is 25.1 Å². The summed E-state index contributed by atoms with van der Waals surface area (Å²) in [7, 11) is 0. The number of benzene rings is 1. The van der Waals surface area contributed by atoms with Crippen molar-refractivity contribution in [1.29, 1.82) is 0 Å². The van der Waals surface area contributed by atoms with E-state index >= 15 is 0 Å². The molecule has 0 bridgehead atoms. The molecule has 0 unspecified atom stereocenters. The minimum atomic E-state index is -0.135. The molecule has 2 aromatic rings. The number of anilines is 1. The van der Waals surface area contributed by atoms with Crippen LogP contribution in [0.4, 0.5) is 5.69 Å². The van der Waals surface area contributed by atoms with E-state index in [-0.39, 0.29) is 30.6 Å². The lowest BCUT2D eigenvalue weighted by atomic mass is 10.1. The molecule has 0 saturated carbocycles. The highest BCUT2D eigenvalue weighted by atomic mass is 16.5. The molecule has 26 heavy (non-hydrogen) atoms. The average molecular weight is 354 g/mol. The first-order valence-electron chi connectivity index (χ1n) is 8.88. The zero-order valence-corrected chi connectivity index (χ0v) is 14.7. The van der Waals surface area contributed by atoms with Crippen molar-refractivity contribution in [3.63, 3.8) is 0 Å². The van der Waals surface area contributed by atoms with E-state index in [9.17, 15) is 9.59 Å². The molecule has 2 aliphatic heterocycles. The van der Waals surface area contributed by atoms with Gasteiger partial charge in [-0.15, -0.1) is 0 Å². The van der Waals surface area contributed by atoms with E-state index in [4.69, 9.17) is 4.74 Å². The number of amides is 2. The molecule has 0 radical (unpaired) electrons. The number of ether oxygens (including phenoxy) is 1. The first-order valence-corrected chi connectivity index (χ1v) is 8.88. The molecule has 7 nitrogen and oxygen atoms in total. The Hall–Kier alpha value is -2.67. The van der Waals surface area contributed by atoms with Crippen LogP contribution in [0.2, 0.25) is 0 Å². The molecule has 1 aromatic heterocycles. The van der Waals surface area contributed by atoms with Crippen LogP contribution in [-0.2, 0) is 20.9 Å². The molecule has 2 saturated heterocycles. The van der Waals surface area contributed by atoms with Crippen LogP contribution in [0.25, 0.3) is 0 Å². The second-order valence-corrected chi connectivity index (χ2v) is 6.79. The van der Waals surface area contributed by atoms with Gasteiger partial charge in [0.15, 0.2) is 0 Å². The number of rotatable bonds is 4. The van der Waals surface area contributed by atoms with Crippen LogP contribution < -0.4 is 4.90 Å². The first kappa shape index (κ1) is 16.8. The van der Waals surface area contributed by atoms with Crippen molar-refractivity contribution in [3.05, 3.63) is 48.3 Å². The summed E-state index contributed by atoms with van der Waals surface area (Å²) in [6.45, 7) is 3.57. The van der Waals surface area contributed by atoms with E-state index in [1.54, 1.807) is 14.5 Å². The van der Waals surface area contributed by atoms with Crippen LogP contribution in [0.5, 0.6) is 0 Å². The molecule has 0 N–H and O–H groups in total. The minimum Gasteiger partial charge on any atom is -0.364 e. The third-order valence-electron chi connectivity index (χ3n) is 4.97. The molecule has 2 fully saturated rings. The molecule has 136 valence electrons. The van der Waals surface area contributed by atoms with Crippen molar-refractivity contribution in [2.75, 3.05) is 24.6 Å². The first-order chi connectivity index (χ1) is 12.6. The molecular formula is C19H22N4O3. The van der Waals surface area contributed by atoms with Crippen molar-refractivity contribution in [2.45, 2.75) is 32.0 Å². The van der Waals surface area contributed by atoms with Gasteiger partial charge in [0.25, 0.3) is 5.91 Å². The second-order valence-electron chi connectivity index (χ2n) is 6.79. The molecule has 0 aliphatic carbocycles. The number of carbonyl (C=O) groups excluding carboxylic acids is 2. The smallest absolute Gasteiger partial charge is 0.253 e. The van der Waals surface area contributed by atoms with Gasteiger partial charge in [0.05, 0.1) is 17.8 Å². The number of morpholine rings is 1. The van der Waals surface area contributed by atoms with Gasteiger partial charge < -0.3 is 14.5 Å². The lowest BCUT2D eigenvalue weighted by Crippen LogP contribution is -2.54. The average Bonchev–Trinajstić information content (AvgIpc) is 3.26. The van der Waals surface area contributed by atoms with Gasteiger partial charge in [0, 0.05) is 37.9 Å². The standard InChI is InChI=1S/C19H22N4O3/c1-14-7-9-22(20-14)10-8-18(24)21-11-16-17(12-21)26-13-19(25)23(16)15-5-3-2-4-6-15/h2-7,9,16-17H,8,10-13H2,1H3/t16-,17-/m0/s1. The number of hydrogen-bond acceptors (Lipinski definition) is 4. The van der Waals surface area contributed by atoms with Gasteiger partial charge in [-0.2, -0.15) is 5.10 Å². The number of likely N-dealkylation sites (tertiary alicyclic amines) is 1. The molecule has 2 atom stereocenters. The summed E-state index contributed by atoms with van der Waals surface area (Å²) < 4.78 is 7.49. The molecular weight excluding hydrogens is 332 g/mol. The van der Waals surface area contributed by atoms with Gasteiger partial charge in [-0.25, -0.2) is 0 Å². The van der Waals surface area contributed by atoms with Gasteiger partial charge in [0.2, 0.25) is 5.91 Å². The molecule has 0 spiro atoms. The third-order valence-corrected chi connectivity index (χ3v) is 4.97. The van der Waals surface area contributed by atoms with Gasteiger partial charge in [-0.1, -0.05) is 18.2 Å². The van der Waals surface area contributed by atoms with E-state index in [1.807, 2.05) is 49.5 Å². The molecule has 1 aromatic carbocycles. The maximum atomic E-state index is 12.6. The summed E-state index contributed by atoms with van der Waals surface area (Å²) in [6.07, 6.45) is 2.13. The maximum absolute atomic E-state index is 12.6. The van der Waals surface area contributed by atoms with E-state index in [0.29, 0.717) is 26.1 Å². The number of carbonyl (C=O) groups is 2. The summed E-state index contributed by atoms with van der Waals surface area (Å²) in [5.74, 6) is 0.00961. The van der Waals surface area contributed by atoms with Crippen molar-refractivity contribution < 1.29 is 14.3 Å². The summed E-state index contributed by atoms with van der Waals surface area (Å²) in [6, 6.07) is 11.4. The summed E-state index contributed by atoms with van der Waals surface area (Å²) in [5, 5.41) is 4.31. The van der Waals surface area contributed by atoms with E-state index in [1.165, 1.54) is 0 Å². The van der Waals surface area contributed by atoms with Crippen LogP contribution in [-0.4, -0.2) is 58.3 Å². The molecule has 4 rings (SSSR count). The van der Waals surface area contributed by atoms with Crippen molar-refractivity contribution >= 4 is 17.5 Å². The molecule has 2 amide bonds. The number of nitrogens with zero attached hydrogens (tertiary/aromatic N) is 4. The fourth-order valence-electron chi connectivity index (χ4n) is 3.69. The van der Waals surface area contributed by atoms with Gasteiger partial charge >= 0.3 is 0 Å². The number of aromatic nitrogens is 2. The predicted molar refractivity (Wildman–Crippen MR) is 95.6 cm³/mol. The minimum absolute atomic E-state index is 0.0567. The Morgan fingerprint density at radius 2 is 2.04 bits per heavy atom. The predicted octanol–water partition coefficient (Wildman–Crippen LogP) is 1.22. The zero-order chi connectivity index (χ0) is 18.1. The third kappa shape index (κ3) is 3.22. The maximum Gasteiger partial charge on any atom is 0.253 e. The molecule has 3 heterocycles. The fourth-order valence-corrected chi connectivity index (χ4v) is 3.69. The lowest BCUT2D eigenvalue weighted by molar-refractivity contribution is -0.131. The van der Waals surface area contributed by atoms with Crippen LogP contribution in [0.3, 0.4) is 0 Å². The Morgan fingerprint density at radius 3 is 2.77 bits per heavy atom. The Kier molecular flexibility index (Phi) is 4.46. The van der Waals surface area contributed by atoms with Crippen molar-refractivity contribution in [3.8, 4) is 0 Å². The second kappa shape index (κ2) is 6.92. The lowest BCUT2D eigenvalue weighted by Gasteiger charge is -2.36. The summed E-state index contributed by atoms with van der Waals surface area (Å²) in [5.41, 5.74) is 1.80. The number of aryl methyl sites for hydroxylation is 2. The molecule has 7 heteroatoms. The van der Waals surface area contributed by atoms with Gasteiger partial charge in [-0.3, -0.25) is 14.3 Å². The SMILES string of the molecule is Cc1ccn(CCC(=O)N2C[C@@H]3OCC(=O)N(c4ccccc4)[C@H]3C2)n1.